The minimum Gasteiger partial charge on any atom is -0.484 e. The minimum absolute atomic E-state index is 0.0956. The van der Waals surface area contributed by atoms with Crippen LogP contribution in [-0.2, 0) is 4.79 Å². The van der Waals surface area contributed by atoms with Crippen LogP contribution >= 0.6 is 11.6 Å². The molecule has 0 saturated carbocycles. The van der Waals surface area contributed by atoms with E-state index < -0.39 is 0 Å². The highest BCUT2D eigenvalue weighted by Crippen LogP contribution is 2.22. The molecule has 3 aromatic carbocycles. The van der Waals surface area contributed by atoms with Crippen LogP contribution in [0.15, 0.2) is 79.0 Å². The van der Waals surface area contributed by atoms with Gasteiger partial charge in [-0.25, -0.2) is 4.98 Å². The van der Waals surface area contributed by atoms with Crippen molar-refractivity contribution >= 4 is 34.2 Å². The molecule has 4 rings (SSSR count). The molecule has 0 aliphatic heterocycles. The lowest BCUT2D eigenvalue weighted by Gasteiger charge is -2.08. The lowest BCUT2D eigenvalue weighted by atomic mass is 10.1. The van der Waals surface area contributed by atoms with Crippen LogP contribution in [0.5, 0.6) is 5.75 Å². The highest BCUT2D eigenvalue weighted by molar-refractivity contribution is 6.30. The molecule has 0 unspecified atom stereocenters. The molecule has 0 saturated heterocycles. The Balaban J connectivity index is 1.39. The molecule has 1 aromatic heterocycles. The summed E-state index contributed by atoms with van der Waals surface area (Å²) in [6, 6.07) is 22.1. The first-order valence-corrected chi connectivity index (χ1v) is 9.06. The maximum atomic E-state index is 12.0. The summed E-state index contributed by atoms with van der Waals surface area (Å²) in [5, 5.41) is 3.30. The summed E-state index contributed by atoms with van der Waals surface area (Å²) in [5.74, 6) is 0.338. The van der Waals surface area contributed by atoms with E-state index in [4.69, 9.17) is 16.3 Å². The molecule has 0 bridgehead atoms. The number of rotatable bonds is 5. The number of aromatic nitrogens is 2. The van der Waals surface area contributed by atoms with Crippen LogP contribution < -0.4 is 10.1 Å². The topological polar surface area (TPSA) is 64.1 Å². The minimum atomic E-state index is -0.258. The number of carbonyl (C=O) groups is 1. The number of halogens is 1. The second-order valence-electron chi connectivity index (χ2n) is 6.12. The number of hydrogen-bond donors (Lipinski definition) is 1. The van der Waals surface area contributed by atoms with Gasteiger partial charge in [0.2, 0.25) is 0 Å². The third-order valence-corrected chi connectivity index (χ3v) is 4.31. The number of amides is 1. The number of carbonyl (C=O) groups excluding carboxylic acids is 1. The van der Waals surface area contributed by atoms with Gasteiger partial charge in [0.1, 0.15) is 5.75 Å². The third kappa shape index (κ3) is 4.27. The Morgan fingerprint density at radius 3 is 2.54 bits per heavy atom. The maximum Gasteiger partial charge on any atom is 0.262 e. The van der Waals surface area contributed by atoms with E-state index in [1.807, 2.05) is 36.4 Å². The first kappa shape index (κ1) is 17.9. The van der Waals surface area contributed by atoms with Gasteiger partial charge in [-0.1, -0.05) is 29.8 Å². The molecule has 4 aromatic rings. The quantitative estimate of drug-likeness (QED) is 0.523. The zero-order chi connectivity index (χ0) is 19.3. The van der Waals surface area contributed by atoms with Crippen LogP contribution in [0.3, 0.4) is 0 Å². The summed E-state index contributed by atoms with van der Waals surface area (Å²) < 4.78 is 5.55. The van der Waals surface area contributed by atoms with Gasteiger partial charge in [-0.3, -0.25) is 9.78 Å². The van der Waals surface area contributed by atoms with Gasteiger partial charge in [-0.2, -0.15) is 0 Å². The van der Waals surface area contributed by atoms with E-state index in [0.717, 1.165) is 22.3 Å². The van der Waals surface area contributed by atoms with Crippen molar-refractivity contribution in [1.82, 2.24) is 9.97 Å². The highest BCUT2D eigenvalue weighted by Gasteiger charge is 2.06. The molecule has 138 valence electrons. The smallest absolute Gasteiger partial charge is 0.262 e. The third-order valence-electron chi connectivity index (χ3n) is 4.08. The number of anilines is 1. The Labute approximate surface area is 167 Å². The van der Waals surface area contributed by atoms with Crippen molar-refractivity contribution in [3.05, 3.63) is 84.0 Å². The SMILES string of the molecule is O=C(COc1ccc(-c2cnc3ccccc3n2)cc1)Nc1cccc(Cl)c1. The molecular weight excluding hydrogens is 374 g/mol. The number of para-hydroxylation sites is 2. The Bertz CT molecular complexity index is 1130. The fourth-order valence-corrected chi connectivity index (χ4v) is 2.92. The monoisotopic (exact) mass is 389 g/mol. The van der Waals surface area contributed by atoms with Gasteiger partial charge in [0.05, 0.1) is 22.9 Å². The number of nitrogens with one attached hydrogen (secondary N) is 1. The van der Waals surface area contributed by atoms with Crippen molar-refractivity contribution in [2.75, 3.05) is 11.9 Å². The second kappa shape index (κ2) is 8.06. The maximum absolute atomic E-state index is 12.0. The molecule has 5 nitrogen and oxygen atoms in total. The molecule has 1 heterocycles. The Kier molecular flexibility index (Phi) is 5.17. The lowest BCUT2D eigenvalue weighted by molar-refractivity contribution is -0.118. The number of ether oxygens (including phenoxy) is 1. The lowest BCUT2D eigenvalue weighted by Crippen LogP contribution is -2.20. The molecule has 0 fully saturated rings. The van der Waals surface area contributed by atoms with Crippen LogP contribution in [0.25, 0.3) is 22.3 Å². The number of hydrogen-bond acceptors (Lipinski definition) is 4. The molecular formula is C22H16ClN3O2. The van der Waals surface area contributed by atoms with Crippen LogP contribution in [0.4, 0.5) is 5.69 Å². The first-order valence-electron chi connectivity index (χ1n) is 8.68. The molecule has 6 heteroatoms. The van der Waals surface area contributed by atoms with E-state index in [1.165, 1.54) is 0 Å². The van der Waals surface area contributed by atoms with E-state index in [1.54, 1.807) is 42.6 Å². The summed E-state index contributed by atoms with van der Waals surface area (Å²) in [4.78, 5) is 21.1. The van der Waals surface area contributed by atoms with E-state index in [-0.39, 0.29) is 12.5 Å². The molecule has 0 aliphatic rings. The molecule has 0 atom stereocenters. The summed E-state index contributed by atoms with van der Waals surface area (Å²) in [7, 11) is 0. The number of benzene rings is 3. The van der Waals surface area contributed by atoms with Crippen LogP contribution in [0.2, 0.25) is 5.02 Å². The normalized spacial score (nSPS) is 10.6. The van der Waals surface area contributed by atoms with E-state index in [2.05, 4.69) is 15.3 Å². The summed E-state index contributed by atoms with van der Waals surface area (Å²) >= 11 is 5.91. The molecule has 0 spiro atoms. The average molecular weight is 390 g/mol. The Morgan fingerprint density at radius 2 is 1.75 bits per heavy atom. The zero-order valence-electron chi connectivity index (χ0n) is 14.8. The molecule has 1 N–H and O–H groups in total. The van der Waals surface area contributed by atoms with Gasteiger partial charge in [0, 0.05) is 16.3 Å². The summed E-state index contributed by atoms with van der Waals surface area (Å²) in [6.07, 6.45) is 1.75. The van der Waals surface area contributed by atoms with Crippen LogP contribution in [0.1, 0.15) is 0 Å². The van der Waals surface area contributed by atoms with E-state index in [0.29, 0.717) is 16.5 Å². The van der Waals surface area contributed by atoms with Gasteiger partial charge < -0.3 is 10.1 Å². The average Bonchev–Trinajstić information content (AvgIpc) is 2.72. The van der Waals surface area contributed by atoms with Gasteiger partial charge in [-0.05, 0) is 54.6 Å². The van der Waals surface area contributed by atoms with Crippen LogP contribution in [0, 0.1) is 0 Å². The molecule has 0 radical (unpaired) electrons. The second-order valence-corrected chi connectivity index (χ2v) is 6.55. The van der Waals surface area contributed by atoms with Gasteiger partial charge >= 0.3 is 0 Å². The van der Waals surface area contributed by atoms with Crippen molar-refractivity contribution in [2.24, 2.45) is 0 Å². The summed E-state index contributed by atoms with van der Waals surface area (Å²) in [6.45, 7) is -0.0956. The zero-order valence-corrected chi connectivity index (χ0v) is 15.6. The van der Waals surface area contributed by atoms with Gasteiger partial charge in [-0.15, -0.1) is 0 Å². The number of fused-ring (bicyclic) bond motifs is 1. The predicted octanol–water partition coefficient (Wildman–Crippen LogP) is 4.97. The molecule has 28 heavy (non-hydrogen) atoms. The van der Waals surface area contributed by atoms with Crippen LogP contribution in [-0.4, -0.2) is 22.5 Å². The Hall–Kier alpha value is -3.44. The molecule has 0 aliphatic carbocycles. The fourth-order valence-electron chi connectivity index (χ4n) is 2.73. The van der Waals surface area contributed by atoms with E-state index in [9.17, 15) is 4.79 Å². The van der Waals surface area contributed by atoms with Crippen molar-refractivity contribution in [3.8, 4) is 17.0 Å². The largest absolute Gasteiger partial charge is 0.484 e. The Morgan fingerprint density at radius 1 is 0.964 bits per heavy atom. The highest BCUT2D eigenvalue weighted by atomic mass is 35.5. The summed E-state index contributed by atoms with van der Waals surface area (Å²) in [5.41, 5.74) is 4.04. The van der Waals surface area contributed by atoms with Crippen molar-refractivity contribution < 1.29 is 9.53 Å². The fraction of sp³-hybridized carbons (Fsp3) is 0.0455. The van der Waals surface area contributed by atoms with Gasteiger partial charge in [0.15, 0.2) is 6.61 Å². The number of nitrogens with zero attached hydrogens (tertiary/aromatic N) is 2. The standard InChI is InChI=1S/C22H16ClN3O2/c23-16-4-3-5-17(12-16)25-22(27)14-28-18-10-8-15(9-11-18)21-13-24-19-6-1-2-7-20(19)26-21/h1-13H,14H2,(H,25,27). The van der Waals surface area contributed by atoms with Crippen molar-refractivity contribution in [3.63, 3.8) is 0 Å². The van der Waals surface area contributed by atoms with Crippen molar-refractivity contribution in [1.29, 1.82) is 0 Å². The first-order chi connectivity index (χ1) is 13.7. The van der Waals surface area contributed by atoms with Gasteiger partial charge in [0.25, 0.3) is 5.91 Å². The molecule has 1 amide bonds. The van der Waals surface area contributed by atoms with E-state index >= 15 is 0 Å². The predicted molar refractivity (Wildman–Crippen MR) is 111 cm³/mol. The van der Waals surface area contributed by atoms with Crippen molar-refractivity contribution in [2.45, 2.75) is 0 Å².